The third-order valence-electron chi connectivity index (χ3n) is 2.10. The molecule has 0 saturated carbocycles. The quantitative estimate of drug-likeness (QED) is 0.727. The van der Waals surface area contributed by atoms with Crippen LogP contribution in [-0.2, 0) is 17.1 Å². The van der Waals surface area contributed by atoms with Crippen molar-refractivity contribution in [3.05, 3.63) is 34.9 Å². The summed E-state index contributed by atoms with van der Waals surface area (Å²) in [5.41, 5.74) is 3.23. The van der Waals surface area contributed by atoms with Gasteiger partial charge in [-0.05, 0) is 23.6 Å². The lowest BCUT2D eigenvalue weighted by atomic mass is 10.0. The Labute approximate surface area is 94.0 Å². The van der Waals surface area contributed by atoms with E-state index in [0.29, 0.717) is 12.3 Å². The van der Waals surface area contributed by atoms with Gasteiger partial charge in [0.05, 0.1) is 5.88 Å². The first-order chi connectivity index (χ1) is 6.67. The Morgan fingerprint density at radius 1 is 1.36 bits per heavy atom. The molecule has 0 amide bonds. The topological polar surface area (TPSA) is 17.1 Å². The summed E-state index contributed by atoms with van der Waals surface area (Å²) in [6.45, 7) is 1.99. The highest BCUT2D eigenvalue weighted by atomic mass is 35.5. The first kappa shape index (κ1) is 11.5. The normalized spacial score (nSPS) is 10.2. The summed E-state index contributed by atoms with van der Waals surface area (Å²) in [4.78, 5) is 11.1. The average molecular weight is 231 g/mol. The number of alkyl halides is 2. The molecule has 0 bridgehead atoms. The highest BCUT2D eigenvalue weighted by molar-refractivity contribution is 6.27. The molecule has 1 nitrogen and oxygen atoms in total. The van der Waals surface area contributed by atoms with E-state index in [1.165, 1.54) is 0 Å². The van der Waals surface area contributed by atoms with Crippen molar-refractivity contribution in [1.82, 2.24) is 0 Å². The van der Waals surface area contributed by atoms with E-state index in [2.05, 4.69) is 0 Å². The molecule has 76 valence electrons. The number of carbonyl (C=O) groups excluding carboxylic acids is 1. The molecule has 3 heteroatoms. The highest BCUT2D eigenvalue weighted by Crippen LogP contribution is 2.13. The maximum Gasteiger partial charge on any atom is 0.151 e. The Morgan fingerprint density at radius 2 is 2.07 bits per heavy atom. The largest absolute Gasteiger partial charge is 0.298 e. The van der Waals surface area contributed by atoms with Crippen molar-refractivity contribution >= 4 is 29.0 Å². The molecule has 1 rings (SSSR count). The van der Waals surface area contributed by atoms with Gasteiger partial charge in [-0.15, -0.1) is 23.2 Å². The van der Waals surface area contributed by atoms with Gasteiger partial charge in [0.15, 0.2) is 5.78 Å². The van der Waals surface area contributed by atoms with Crippen molar-refractivity contribution < 1.29 is 4.79 Å². The summed E-state index contributed by atoms with van der Waals surface area (Å²) in [5.74, 6) is 0.635. The number of carbonyl (C=O) groups is 1. The molecule has 14 heavy (non-hydrogen) atoms. The Balaban J connectivity index is 2.81. The van der Waals surface area contributed by atoms with Crippen LogP contribution in [0.2, 0.25) is 0 Å². The van der Waals surface area contributed by atoms with Gasteiger partial charge in [0.2, 0.25) is 0 Å². The zero-order valence-corrected chi connectivity index (χ0v) is 9.53. The van der Waals surface area contributed by atoms with Gasteiger partial charge in [-0.2, -0.15) is 0 Å². The van der Waals surface area contributed by atoms with Crippen molar-refractivity contribution in [3.63, 3.8) is 0 Å². The van der Waals surface area contributed by atoms with Gasteiger partial charge in [-0.3, -0.25) is 4.79 Å². The lowest BCUT2D eigenvalue weighted by Crippen LogP contribution is -2.04. The molecule has 0 aliphatic heterocycles. The minimum atomic E-state index is 0.0460. The van der Waals surface area contributed by atoms with Gasteiger partial charge in [-0.25, -0.2) is 0 Å². The van der Waals surface area contributed by atoms with Crippen LogP contribution >= 0.6 is 23.2 Å². The fraction of sp³-hybridized carbons (Fsp3) is 0.364. The van der Waals surface area contributed by atoms with Crippen LogP contribution in [0.4, 0.5) is 0 Å². The molecule has 0 aromatic heterocycles. The predicted octanol–water partition coefficient (Wildman–Crippen LogP) is 3.08. The number of benzene rings is 1. The van der Waals surface area contributed by atoms with Gasteiger partial charge in [-0.1, -0.05) is 18.2 Å². The van der Waals surface area contributed by atoms with Gasteiger partial charge in [0.25, 0.3) is 0 Å². The van der Waals surface area contributed by atoms with Crippen molar-refractivity contribution in [1.29, 1.82) is 0 Å². The fourth-order valence-electron chi connectivity index (χ4n) is 1.29. The van der Waals surface area contributed by atoms with Crippen molar-refractivity contribution in [2.24, 2.45) is 0 Å². The lowest BCUT2D eigenvalue weighted by molar-refractivity contribution is -0.116. The number of Topliss-reactive ketones (excluding diaryl/α,β-unsaturated/α-hetero) is 1. The summed E-state index contributed by atoms with van der Waals surface area (Å²) in [6, 6.07) is 5.87. The van der Waals surface area contributed by atoms with Gasteiger partial charge in [0.1, 0.15) is 0 Å². The van der Waals surface area contributed by atoms with E-state index < -0.39 is 0 Å². The molecule has 0 unspecified atom stereocenters. The number of halogens is 2. The van der Waals surface area contributed by atoms with E-state index in [-0.39, 0.29) is 11.7 Å². The fourth-order valence-corrected chi connectivity index (χ4v) is 1.69. The van der Waals surface area contributed by atoms with Crippen molar-refractivity contribution in [2.75, 3.05) is 5.88 Å². The number of ketones is 1. The van der Waals surface area contributed by atoms with Crippen LogP contribution in [0, 0.1) is 6.92 Å². The van der Waals surface area contributed by atoms with E-state index in [9.17, 15) is 4.79 Å². The number of hydrogen-bond donors (Lipinski definition) is 0. The monoisotopic (exact) mass is 230 g/mol. The molecule has 0 aliphatic carbocycles. The number of aryl methyl sites for hydroxylation is 1. The standard InChI is InChI=1S/C11H12Cl2O/c1-8-4-9(5-11(14)7-13)2-3-10(8)6-12/h2-4H,5-7H2,1H3. The number of rotatable bonds is 4. The van der Waals surface area contributed by atoms with Crippen LogP contribution in [0.15, 0.2) is 18.2 Å². The summed E-state index contributed by atoms with van der Waals surface area (Å²) >= 11 is 11.2. The SMILES string of the molecule is Cc1cc(CC(=O)CCl)ccc1CCl. The predicted molar refractivity (Wildman–Crippen MR) is 60.2 cm³/mol. The van der Waals surface area contributed by atoms with Gasteiger partial charge >= 0.3 is 0 Å². The smallest absolute Gasteiger partial charge is 0.151 e. The second-order valence-electron chi connectivity index (χ2n) is 3.24. The summed E-state index contributed by atoms with van der Waals surface area (Å²) in [7, 11) is 0. The Morgan fingerprint density at radius 3 is 2.57 bits per heavy atom. The number of hydrogen-bond acceptors (Lipinski definition) is 1. The molecule has 1 aromatic carbocycles. The molecule has 0 radical (unpaired) electrons. The average Bonchev–Trinajstić information content (AvgIpc) is 2.18. The van der Waals surface area contributed by atoms with E-state index in [0.717, 1.165) is 16.7 Å². The van der Waals surface area contributed by atoms with Crippen LogP contribution < -0.4 is 0 Å². The summed E-state index contributed by atoms with van der Waals surface area (Å²) in [5, 5.41) is 0. The van der Waals surface area contributed by atoms with Crippen LogP contribution in [0.25, 0.3) is 0 Å². The molecule has 0 atom stereocenters. The maximum atomic E-state index is 11.1. The Hall–Kier alpha value is -0.530. The summed E-state index contributed by atoms with van der Waals surface area (Å²) < 4.78 is 0. The highest BCUT2D eigenvalue weighted by Gasteiger charge is 2.03. The molecular weight excluding hydrogens is 219 g/mol. The van der Waals surface area contributed by atoms with Crippen molar-refractivity contribution in [3.8, 4) is 0 Å². The molecular formula is C11H12Cl2O. The minimum absolute atomic E-state index is 0.0460. The minimum Gasteiger partial charge on any atom is -0.298 e. The molecule has 1 aromatic rings. The first-order valence-electron chi connectivity index (χ1n) is 4.39. The van der Waals surface area contributed by atoms with Crippen LogP contribution in [0.1, 0.15) is 16.7 Å². The third-order valence-corrected chi connectivity index (χ3v) is 2.69. The Kier molecular flexibility index (Phi) is 4.43. The molecule has 0 spiro atoms. The van der Waals surface area contributed by atoms with Crippen molar-refractivity contribution in [2.45, 2.75) is 19.2 Å². The molecule has 0 saturated heterocycles. The van der Waals surface area contributed by atoms with Crippen LogP contribution in [0.5, 0.6) is 0 Å². The zero-order valence-electron chi connectivity index (χ0n) is 8.02. The van der Waals surface area contributed by atoms with E-state index in [1.807, 2.05) is 25.1 Å². The van der Waals surface area contributed by atoms with E-state index >= 15 is 0 Å². The third kappa shape index (κ3) is 3.00. The zero-order chi connectivity index (χ0) is 10.6. The molecule has 0 aliphatic rings. The second-order valence-corrected chi connectivity index (χ2v) is 3.78. The summed E-state index contributed by atoms with van der Waals surface area (Å²) in [6.07, 6.45) is 0.410. The maximum absolute atomic E-state index is 11.1. The first-order valence-corrected chi connectivity index (χ1v) is 5.46. The second kappa shape index (κ2) is 5.38. The molecule has 0 heterocycles. The van der Waals surface area contributed by atoms with E-state index in [4.69, 9.17) is 23.2 Å². The lowest BCUT2D eigenvalue weighted by Gasteiger charge is -2.04. The van der Waals surface area contributed by atoms with Crippen LogP contribution in [0.3, 0.4) is 0 Å². The molecule has 0 fully saturated rings. The molecule has 0 N–H and O–H groups in total. The van der Waals surface area contributed by atoms with Gasteiger partial charge in [0, 0.05) is 12.3 Å². The van der Waals surface area contributed by atoms with E-state index in [1.54, 1.807) is 0 Å². The van der Waals surface area contributed by atoms with Crippen LogP contribution in [-0.4, -0.2) is 11.7 Å². The Bertz CT molecular complexity index is 334. The van der Waals surface area contributed by atoms with Gasteiger partial charge < -0.3 is 0 Å².